The van der Waals surface area contributed by atoms with Crippen LogP contribution in [0.2, 0.25) is 5.02 Å². The Morgan fingerprint density at radius 3 is 2.65 bits per heavy atom. The average molecular weight is 569 g/mol. The molecular formula is C31H34ClFN2O5. The third-order valence-corrected chi connectivity index (χ3v) is 8.01. The van der Waals surface area contributed by atoms with Crippen LogP contribution in [0.4, 0.5) is 4.39 Å². The van der Waals surface area contributed by atoms with Crippen molar-refractivity contribution in [2.45, 2.75) is 51.2 Å². The topological polar surface area (TPSA) is 70.0 Å². The summed E-state index contributed by atoms with van der Waals surface area (Å²) >= 11 is 6.42. The lowest BCUT2D eigenvalue weighted by Gasteiger charge is -2.32. The molecule has 0 radical (unpaired) electrons. The van der Waals surface area contributed by atoms with E-state index in [1.54, 1.807) is 19.1 Å². The molecule has 1 amide bonds. The fourth-order valence-electron chi connectivity index (χ4n) is 5.80. The second-order valence-corrected chi connectivity index (χ2v) is 10.7. The lowest BCUT2D eigenvalue weighted by molar-refractivity contribution is -0.144. The highest BCUT2D eigenvalue weighted by molar-refractivity contribution is 6.30. The van der Waals surface area contributed by atoms with Gasteiger partial charge in [0.15, 0.2) is 11.6 Å². The van der Waals surface area contributed by atoms with Crippen LogP contribution in [0.1, 0.15) is 68.1 Å². The molecule has 212 valence electrons. The first-order valence-electron chi connectivity index (χ1n) is 13.8. The number of para-hydroxylation sites is 1. The van der Waals surface area contributed by atoms with Gasteiger partial charge in [-0.05, 0) is 68.5 Å². The SMILES string of the molecule is CCOC(=O)CC1CCN(C(=O)CCC2OC(c3cccc(F)c3OC)c3cc(Cl)ccc3-n3cccc32)CC1. The molecule has 0 aliphatic carbocycles. The van der Waals surface area contributed by atoms with Crippen LogP contribution in [-0.2, 0) is 19.1 Å². The summed E-state index contributed by atoms with van der Waals surface area (Å²) < 4.78 is 34.1. The Labute approximate surface area is 238 Å². The normalized spacial score (nSPS) is 18.9. The summed E-state index contributed by atoms with van der Waals surface area (Å²) in [6.45, 7) is 3.43. The van der Waals surface area contributed by atoms with Crippen molar-refractivity contribution in [3.05, 3.63) is 82.4 Å². The molecular weight excluding hydrogens is 535 g/mol. The van der Waals surface area contributed by atoms with Gasteiger partial charge in [0, 0.05) is 48.3 Å². The number of hydrogen-bond acceptors (Lipinski definition) is 5. The zero-order valence-corrected chi connectivity index (χ0v) is 23.5. The highest BCUT2D eigenvalue weighted by Gasteiger charge is 2.33. The summed E-state index contributed by atoms with van der Waals surface area (Å²) in [6, 6.07) is 14.3. The van der Waals surface area contributed by atoms with E-state index in [1.807, 2.05) is 46.0 Å². The lowest BCUT2D eigenvalue weighted by Crippen LogP contribution is -2.39. The summed E-state index contributed by atoms with van der Waals surface area (Å²) in [5.41, 5.74) is 3.11. The van der Waals surface area contributed by atoms with Crippen molar-refractivity contribution in [2.75, 3.05) is 26.8 Å². The summed E-state index contributed by atoms with van der Waals surface area (Å²) in [7, 11) is 1.44. The number of halogens is 2. The number of aromatic nitrogens is 1. The molecule has 0 saturated carbocycles. The van der Waals surface area contributed by atoms with E-state index < -0.39 is 18.0 Å². The number of esters is 1. The molecule has 2 aliphatic rings. The van der Waals surface area contributed by atoms with Gasteiger partial charge in [-0.25, -0.2) is 4.39 Å². The van der Waals surface area contributed by atoms with Crippen LogP contribution in [0.25, 0.3) is 5.69 Å². The molecule has 7 nitrogen and oxygen atoms in total. The zero-order valence-electron chi connectivity index (χ0n) is 22.8. The molecule has 0 spiro atoms. The summed E-state index contributed by atoms with van der Waals surface area (Å²) in [5.74, 6) is -0.239. The van der Waals surface area contributed by atoms with Crippen molar-refractivity contribution in [1.29, 1.82) is 0 Å². The van der Waals surface area contributed by atoms with E-state index in [0.29, 0.717) is 49.5 Å². The Morgan fingerprint density at radius 2 is 1.90 bits per heavy atom. The predicted octanol–water partition coefficient (Wildman–Crippen LogP) is 6.41. The number of nitrogens with zero attached hydrogens (tertiary/aromatic N) is 2. The van der Waals surface area contributed by atoms with Gasteiger partial charge in [-0.2, -0.15) is 0 Å². The van der Waals surface area contributed by atoms with Gasteiger partial charge in [-0.1, -0.05) is 23.7 Å². The second kappa shape index (κ2) is 12.4. The molecule has 9 heteroatoms. The van der Waals surface area contributed by atoms with Crippen molar-refractivity contribution >= 4 is 23.5 Å². The molecule has 2 atom stereocenters. The molecule has 1 saturated heterocycles. The molecule has 5 rings (SSSR count). The van der Waals surface area contributed by atoms with Gasteiger partial charge in [-0.3, -0.25) is 9.59 Å². The molecule has 40 heavy (non-hydrogen) atoms. The van der Waals surface area contributed by atoms with E-state index in [2.05, 4.69) is 0 Å². The highest BCUT2D eigenvalue weighted by atomic mass is 35.5. The van der Waals surface area contributed by atoms with E-state index in [-0.39, 0.29) is 23.5 Å². The van der Waals surface area contributed by atoms with Crippen molar-refractivity contribution < 1.29 is 28.2 Å². The predicted molar refractivity (Wildman–Crippen MR) is 149 cm³/mol. The average Bonchev–Trinajstić information content (AvgIpc) is 3.39. The van der Waals surface area contributed by atoms with Crippen LogP contribution in [0.3, 0.4) is 0 Å². The maximum absolute atomic E-state index is 14.8. The van der Waals surface area contributed by atoms with Gasteiger partial charge in [0.2, 0.25) is 5.91 Å². The van der Waals surface area contributed by atoms with Crippen molar-refractivity contribution in [1.82, 2.24) is 9.47 Å². The summed E-state index contributed by atoms with van der Waals surface area (Å²) in [5, 5.41) is 0.538. The van der Waals surface area contributed by atoms with Crippen LogP contribution < -0.4 is 4.74 Å². The van der Waals surface area contributed by atoms with Gasteiger partial charge >= 0.3 is 5.97 Å². The minimum Gasteiger partial charge on any atom is -0.493 e. The van der Waals surface area contributed by atoms with Crippen molar-refractivity contribution in [3.63, 3.8) is 0 Å². The molecule has 2 aliphatic heterocycles. The molecule has 1 aromatic heterocycles. The maximum atomic E-state index is 14.8. The third kappa shape index (κ3) is 5.88. The molecule has 0 bridgehead atoms. The number of carbonyl (C=O) groups is 2. The number of rotatable bonds is 8. The maximum Gasteiger partial charge on any atom is 0.306 e. The number of piperidine rings is 1. The van der Waals surface area contributed by atoms with Gasteiger partial charge < -0.3 is 23.7 Å². The Balaban J connectivity index is 1.36. The fourth-order valence-corrected chi connectivity index (χ4v) is 5.98. The summed E-state index contributed by atoms with van der Waals surface area (Å²) in [6.07, 6.45) is 3.56. The molecule has 1 fully saturated rings. The lowest BCUT2D eigenvalue weighted by atomic mass is 9.93. The number of fused-ring (bicyclic) bond motifs is 3. The largest absolute Gasteiger partial charge is 0.493 e. The second-order valence-electron chi connectivity index (χ2n) is 10.2. The molecule has 2 aromatic carbocycles. The number of carbonyl (C=O) groups excluding carboxylic acids is 2. The first-order valence-corrected chi connectivity index (χ1v) is 14.2. The quantitative estimate of drug-likeness (QED) is 0.294. The van der Waals surface area contributed by atoms with Gasteiger partial charge in [0.05, 0.1) is 31.2 Å². The Bertz CT molecular complexity index is 1370. The van der Waals surface area contributed by atoms with E-state index in [4.69, 9.17) is 25.8 Å². The van der Waals surface area contributed by atoms with E-state index in [9.17, 15) is 14.0 Å². The molecule has 0 N–H and O–H groups in total. The number of benzene rings is 2. The van der Waals surface area contributed by atoms with Gasteiger partial charge in [-0.15, -0.1) is 0 Å². The molecule has 3 aromatic rings. The highest BCUT2D eigenvalue weighted by Crippen LogP contribution is 2.45. The summed E-state index contributed by atoms with van der Waals surface area (Å²) in [4.78, 5) is 27.0. The third-order valence-electron chi connectivity index (χ3n) is 7.77. The Morgan fingerprint density at radius 1 is 1.10 bits per heavy atom. The monoisotopic (exact) mass is 568 g/mol. The van der Waals surface area contributed by atoms with E-state index in [1.165, 1.54) is 13.2 Å². The minimum absolute atomic E-state index is 0.0565. The minimum atomic E-state index is -0.669. The van der Waals surface area contributed by atoms with Gasteiger partial charge in [0.25, 0.3) is 0 Å². The zero-order chi connectivity index (χ0) is 28.2. The van der Waals surface area contributed by atoms with Gasteiger partial charge in [0.1, 0.15) is 6.10 Å². The number of likely N-dealkylation sites (tertiary alicyclic amines) is 1. The number of methoxy groups -OCH3 is 1. The van der Waals surface area contributed by atoms with Crippen molar-refractivity contribution in [2.24, 2.45) is 5.92 Å². The molecule has 2 unspecified atom stereocenters. The smallest absolute Gasteiger partial charge is 0.306 e. The first-order chi connectivity index (χ1) is 19.4. The van der Waals surface area contributed by atoms with E-state index >= 15 is 0 Å². The Hall–Kier alpha value is -3.36. The standard InChI is InChI=1S/C31H34ClFN2O5/c1-3-39-29(37)18-20-13-16-34(17-14-20)28(36)12-11-27-26-8-5-15-35(26)25-10-9-21(32)19-23(25)30(40-27)22-6-4-7-24(33)31(22)38-2/h4-10,15,19-20,27,30H,3,11-14,16-18H2,1-2H3. The fraction of sp³-hybridized carbons (Fsp3) is 0.419. The Kier molecular flexibility index (Phi) is 8.76. The number of amides is 1. The van der Waals surface area contributed by atoms with E-state index in [0.717, 1.165) is 29.8 Å². The van der Waals surface area contributed by atoms with Crippen LogP contribution >= 0.6 is 11.6 Å². The molecule has 3 heterocycles. The number of ether oxygens (including phenoxy) is 3. The van der Waals surface area contributed by atoms with Crippen LogP contribution in [0.15, 0.2) is 54.7 Å². The van der Waals surface area contributed by atoms with Crippen LogP contribution in [-0.4, -0.2) is 48.1 Å². The van der Waals surface area contributed by atoms with Crippen LogP contribution in [0.5, 0.6) is 5.75 Å². The number of hydrogen-bond donors (Lipinski definition) is 0. The van der Waals surface area contributed by atoms with Crippen molar-refractivity contribution in [3.8, 4) is 11.4 Å². The first kappa shape index (κ1) is 28.2. The van der Waals surface area contributed by atoms with Crippen LogP contribution in [0, 0.1) is 11.7 Å².